The maximum Gasteiger partial charge on any atom is 0.0512 e. The fourth-order valence-corrected chi connectivity index (χ4v) is 4.15. The normalized spacial score (nSPS) is 29.8. The van der Waals surface area contributed by atoms with E-state index in [4.69, 9.17) is 0 Å². The van der Waals surface area contributed by atoms with E-state index in [1.807, 2.05) is 6.92 Å². The van der Waals surface area contributed by atoms with Crippen molar-refractivity contribution < 1.29 is 5.11 Å². The third kappa shape index (κ3) is 3.07. The molecule has 2 nitrogen and oxygen atoms in total. The molecule has 1 aromatic rings. The Morgan fingerprint density at radius 3 is 2.30 bits per heavy atom. The third-order valence-corrected chi connectivity index (χ3v) is 5.19. The van der Waals surface area contributed by atoms with Crippen LogP contribution in [0.5, 0.6) is 0 Å². The van der Waals surface area contributed by atoms with Crippen molar-refractivity contribution in [1.82, 2.24) is 5.32 Å². The molecular formula is C18H27NO. The molecule has 3 unspecified atom stereocenters. The third-order valence-electron chi connectivity index (χ3n) is 5.19. The monoisotopic (exact) mass is 273 g/mol. The molecule has 0 aliphatic heterocycles. The fraction of sp³-hybridized carbons (Fsp3) is 0.667. The Morgan fingerprint density at radius 2 is 1.75 bits per heavy atom. The van der Waals surface area contributed by atoms with Gasteiger partial charge in [0, 0.05) is 6.04 Å². The minimum atomic E-state index is -0.160. The zero-order valence-corrected chi connectivity index (χ0v) is 12.5. The molecule has 0 saturated heterocycles. The largest absolute Gasteiger partial charge is 0.393 e. The minimum Gasteiger partial charge on any atom is -0.393 e. The highest BCUT2D eigenvalue weighted by atomic mass is 16.3. The Hall–Kier alpha value is -0.860. The van der Waals surface area contributed by atoms with Crippen molar-refractivity contribution in [3.05, 3.63) is 35.4 Å². The van der Waals surface area contributed by atoms with Gasteiger partial charge in [0.15, 0.2) is 0 Å². The van der Waals surface area contributed by atoms with E-state index in [9.17, 15) is 5.11 Å². The zero-order chi connectivity index (χ0) is 13.9. The smallest absolute Gasteiger partial charge is 0.0512 e. The van der Waals surface area contributed by atoms with Crippen LogP contribution in [0.15, 0.2) is 24.3 Å². The van der Waals surface area contributed by atoms with Crippen LogP contribution in [0.4, 0.5) is 0 Å². The number of nitrogens with one attached hydrogen (secondary N) is 1. The first-order valence-electron chi connectivity index (χ1n) is 8.22. The minimum absolute atomic E-state index is 0.160. The summed E-state index contributed by atoms with van der Waals surface area (Å²) in [6.07, 6.45) is 7.10. The standard InChI is InChI=1S/C18H27NO/c1-13(20)5-4-10-19-18-16-8-9-17(18)12-15-7-3-2-6-14(15)11-16/h2-3,6-7,13,16-20H,4-5,8-12H2,1H3. The first-order valence-corrected chi connectivity index (χ1v) is 8.22. The molecule has 0 heterocycles. The van der Waals surface area contributed by atoms with Crippen LogP contribution in [0.25, 0.3) is 0 Å². The molecular weight excluding hydrogens is 246 g/mol. The van der Waals surface area contributed by atoms with E-state index in [1.54, 1.807) is 11.1 Å². The highest BCUT2D eigenvalue weighted by Crippen LogP contribution is 2.39. The molecule has 0 amide bonds. The lowest BCUT2D eigenvalue weighted by Gasteiger charge is -2.24. The maximum atomic E-state index is 9.34. The van der Waals surface area contributed by atoms with E-state index in [1.165, 1.54) is 25.7 Å². The molecule has 2 aliphatic carbocycles. The predicted octanol–water partition coefficient (Wildman–Crippen LogP) is 2.93. The Kier molecular flexibility index (Phi) is 4.42. The molecule has 20 heavy (non-hydrogen) atoms. The van der Waals surface area contributed by atoms with Crippen LogP contribution in [-0.4, -0.2) is 23.8 Å². The van der Waals surface area contributed by atoms with Crippen molar-refractivity contribution in [1.29, 1.82) is 0 Å². The molecule has 2 aliphatic rings. The van der Waals surface area contributed by atoms with Crippen molar-refractivity contribution in [2.45, 2.75) is 57.6 Å². The van der Waals surface area contributed by atoms with Crippen LogP contribution in [0, 0.1) is 11.8 Å². The van der Waals surface area contributed by atoms with Crippen molar-refractivity contribution in [2.75, 3.05) is 6.54 Å². The number of benzene rings is 1. The van der Waals surface area contributed by atoms with Gasteiger partial charge in [-0.05, 0) is 75.0 Å². The van der Waals surface area contributed by atoms with Gasteiger partial charge < -0.3 is 10.4 Å². The quantitative estimate of drug-likeness (QED) is 0.809. The van der Waals surface area contributed by atoms with E-state index in [2.05, 4.69) is 29.6 Å². The Morgan fingerprint density at radius 1 is 1.15 bits per heavy atom. The highest BCUT2D eigenvalue weighted by molar-refractivity contribution is 5.30. The lowest BCUT2D eigenvalue weighted by molar-refractivity contribution is 0.180. The summed E-state index contributed by atoms with van der Waals surface area (Å²) in [5.74, 6) is 1.63. The first-order chi connectivity index (χ1) is 9.74. The summed E-state index contributed by atoms with van der Waals surface area (Å²) >= 11 is 0. The second-order valence-corrected chi connectivity index (χ2v) is 6.75. The Balaban J connectivity index is 1.61. The van der Waals surface area contributed by atoms with Gasteiger partial charge in [-0.1, -0.05) is 24.3 Å². The summed E-state index contributed by atoms with van der Waals surface area (Å²) in [4.78, 5) is 0. The zero-order valence-electron chi connectivity index (χ0n) is 12.5. The van der Waals surface area contributed by atoms with Crippen molar-refractivity contribution in [3.8, 4) is 0 Å². The number of hydrogen-bond donors (Lipinski definition) is 2. The van der Waals surface area contributed by atoms with Crippen LogP contribution in [0.3, 0.4) is 0 Å². The molecule has 3 atom stereocenters. The molecule has 110 valence electrons. The number of fused-ring (bicyclic) bond motifs is 3. The summed E-state index contributed by atoms with van der Waals surface area (Å²) in [5.41, 5.74) is 3.16. The molecule has 2 heteroatoms. The molecule has 2 bridgehead atoms. The second kappa shape index (κ2) is 6.28. The number of aliphatic hydroxyl groups is 1. The average molecular weight is 273 g/mol. The predicted molar refractivity (Wildman–Crippen MR) is 82.8 cm³/mol. The van der Waals surface area contributed by atoms with E-state index >= 15 is 0 Å². The van der Waals surface area contributed by atoms with Crippen molar-refractivity contribution in [3.63, 3.8) is 0 Å². The molecule has 2 N–H and O–H groups in total. The summed E-state index contributed by atoms with van der Waals surface area (Å²) < 4.78 is 0. The molecule has 3 rings (SSSR count). The lowest BCUT2D eigenvalue weighted by atomic mass is 9.94. The van der Waals surface area contributed by atoms with Crippen LogP contribution in [-0.2, 0) is 12.8 Å². The lowest BCUT2D eigenvalue weighted by Crippen LogP contribution is -2.38. The molecule has 0 spiro atoms. The van der Waals surface area contributed by atoms with Gasteiger partial charge in [0.1, 0.15) is 0 Å². The van der Waals surface area contributed by atoms with Gasteiger partial charge in [-0.3, -0.25) is 0 Å². The SMILES string of the molecule is CC(O)CCCNC1C2CCC1Cc1ccccc1C2. The summed E-state index contributed by atoms with van der Waals surface area (Å²) in [6.45, 7) is 2.94. The van der Waals surface area contributed by atoms with Gasteiger partial charge in [-0.2, -0.15) is 0 Å². The van der Waals surface area contributed by atoms with E-state index in [0.29, 0.717) is 6.04 Å². The van der Waals surface area contributed by atoms with Crippen molar-refractivity contribution in [2.24, 2.45) is 11.8 Å². The second-order valence-electron chi connectivity index (χ2n) is 6.75. The molecule has 0 radical (unpaired) electrons. The molecule has 0 aromatic heterocycles. The number of rotatable bonds is 5. The van der Waals surface area contributed by atoms with E-state index < -0.39 is 0 Å². The van der Waals surface area contributed by atoms with Crippen molar-refractivity contribution >= 4 is 0 Å². The van der Waals surface area contributed by atoms with Crippen LogP contribution in [0.1, 0.15) is 43.7 Å². The van der Waals surface area contributed by atoms with Crippen LogP contribution in [0.2, 0.25) is 0 Å². The molecule has 1 fully saturated rings. The van der Waals surface area contributed by atoms with Crippen LogP contribution >= 0.6 is 0 Å². The van der Waals surface area contributed by atoms with E-state index in [0.717, 1.165) is 31.2 Å². The summed E-state index contributed by atoms with van der Waals surface area (Å²) in [5, 5.41) is 13.1. The van der Waals surface area contributed by atoms with Gasteiger partial charge >= 0.3 is 0 Å². The first kappa shape index (κ1) is 14.1. The molecule has 1 aromatic carbocycles. The summed E-state index contributed by atoms with van der Waals surface area (Å²) in [7, 11) is 0. The Labute approximate surface area is 122 Å². The number of hydrogen-bond acceptors (Lipinski definition) is 2. The van der Waals surface area contributed by atoms with Gasteiger partial charge in [0.2, 0.25) is 0 Å². The maximum absolute atomic E-state index is 9.34. The van der Waals surface area contributed by atoms with Gasteiger partial charge in [0.05, 0.1) is 6.10 Å². The Bertz CT molecular complexity index is 410. The molecule has 1 saturated carbocycles. The van der Waals surface area contributed by atoms with Crippen LogP contribution < -0.4 is 5.32 Å². The highest BCUT2D eigenvalue weighted by Gasteiger charge is 2.38. The van der Waals surface area contributed by atoms with Gasteiger partial charge in [-0.25, -0.2) is 0 Å². The van der Waals surface area contributed by atoms with Gasteiger partial charge in [-0.15, -0.1) is 0 Å². The summed E-state index contributed by atoms with van der Waals surface area (Å²) in [6, 6.07) is 9.70. The fourth-order valence-electron chi connectivity index (χ4n) is 4.15. The van der Waals surface area contributed by atoms with E-state index in [-0.39, 0.29) is 6.10 Å². The topological polar surface area (TPSA) is 32.3 Å². The number of aliphatic hydroxyl groups excluding tert-OH is 1. The average Bonchev–Trinajstić information content (AvgIpc) is 2.69. The van der Waals surface area contributed by atoms with Gasteiger partial charge in [0.25, 0.3) is 0 Å².